The Morgan fingerprint density at radius 2 is 1.67 bits per heavy atom. The molecule has 0 rings (SSSR count). The zero-order chi connectivity index (χ0) is 10.4. The summed E-state index contributed by atoms with van der Waals surface area (Å²) in [6, 6.07) is 0. The molecule has 12 heavy (non-hydrogen) atoms. The molecular weight excluding hydrogens is 168 g/mol. The number of aliphatic hydroxyl groups is 1. The molecule has 0 unspecified atom stereocenters. The SMILES string of the molecule is C=C/C=C(\C=C)SC.CC.CO. The van der Waals surface area contributed by atoms with Crippen LogP contribution < -0.4 is 0 Å². The molecule has 0 atom stereocenters. The van der Waals surface area contributed by atoms with Crippen LogP contribution in [-0.2, 0) is 0 Å². The van der Waals surface area contributed by atoms with Crippen LogP contribution in [0.15, 0.2) is 36.3 Å². The van der Waals surface area contributed by atoms with Gasteiger partial charge in [0.15, 0.2) is 0 Å². The average Bonchev–Trinajstić information content (AvgIpc) is 2.20. The van der Waals surface area contributed by atoms with Gasteiger partial charge < -0.3 is 5.11 Å². The molecule has 0 amide bonds. The molecule has 0 saturated heterocycles. The molecular formula is C10H20OS. The van der Waals surface area contributed by atoms with Crippen molar-refractivity contribution >= 4 is 11.8 Å². The molecule has 0 spiro atoms. The Morgan fingerprint density at radius 1 is 1.25 bits per heavy atom. The minimum absolute atomic E-state index is 1.00. The summed E-state index contributed by atoms with van der Waals surface area (Å²) < 4.78 is 0. The van der Waals surface area contributed by atoms with Gasteiger partial charge in [-0.3, -0.25) is 0 Å². The van der Waals surface area contributed by atoms with Crippen LogP contribution in [0.4, 0.5) is 0 Å². The van der Waals surface area contributed by atoms with Gasteiger partial charge in [-0.25, -0.2) is 0 Å². The van der Waals surface area contributed by atoms with Crippen molar-refractivity contribution in [2.45, 2.75) is 13.8 Å². The molecule has 0 aromatic rings. The fourth-order valence-corrected chi connectivity index (χ4v) is 0.735. The Labute approximate surface area is 80.9 Å². The summed E-state index contributed by atoms with van der Waals surface area (Å²) in [4.78, 5) is 1.15. The summed E-state index contributed by atoms with van der Waals surface area (Å²) in [5, 5.41) is 7.00. The van der Waals surface area contributed by atoms with Gasteiger partial charge in [-0.2, -0.15) is 0 Å². The third-order valence-corrected chi connectivity index (χ3v) is 1.49. The summed E-state index contributed by atoms with van der Waals surface area (Å²) in [5.74, 6) is 0. The molecule has 2 heteroatoms. The average molecular weight is 188 g/mol. The van der Waals surface area contributed by atoms with Crippen LogP contribution in [0.1, 0.15) is 13.8 Å². The quantitative estimate of drug-likeness (QED) is 0.686. The molecule has 0 aliphatic carbocycles. The van der Waals surface area contributed by atoms with Crippen LogP contribution in [0, 0.1) is 0 Å². The van der Waals surface area contributed by atoms with Crippen LogP contribution >= 0.6 is 11.8 Å². The van der Waals surface area contributed by atoms with E-state index in [9.17, 15) is 0 Å². The summed E-state index contributed by atoms with van der Waals surface area (Å²) in [5.41, 5.74) is 0. The van der Waals surface area contributed by atoms with Crippen molar-refractivity contribution in [1.82, 2.24) is 0 Å². The molecule has 1 N–H and O–H groups in total. The van der Waals surface area contributed by atoms with Gasteiger partial charge in [0.2, 0.25) is 0 Å². The van der Waals surface area contributed by atoms with E-state index in [0.717, 1.165) is 12.0 Å². The molecule has 0 fully saturated rings. The predicted molar refractivity (Wildman–Crippen MR) is 61.5 cm³/mol. The molecule has 0 aromatic heterocycles. The lowest BCUT2D eigenvalue weighted by molar-refractivity contribution is 0.399. The van der Waals surface area contributed by atoms with Crippen molar-refractivity contribution in [3.05, 3.63) is 36.3 Å². The highest BCUT2D eigenvalue weighted by Gasteiger charge is 1.79. The summed E-state index contributed by atoms with van der Waals surface area (Å²) >= 11 is 1.67. The third kappa shape index (κ3) is 16.3. The maximum Gasteiger partial charge on any atom is 0.0319 e. The van der Waals surface area contributed by atoms with Crippen molar-refractivity contribution in [2.75, 3.05) is 13.4 Å². The zero-order valence-electron chi connectivity index (χ0n) is 8.50. The second-order valence-corrected chi connectivity index (χ2v) is 2.09. The number of thioether (sulfide) groups is 1. The van der Waals surface area contributed by atoms with E-state index in [1.54, 1.807) is 17.8 Å². The fraction of sp³-hybridized carbons (Fsp3) is 0.400. The van der Waals surface area contributed by atoms with E-state index in [1.165, 1.54) is 0 Å². The minimum atomic E-state index is 1.00. The normalized spacial score (nSPS) is 8.25. The first-order valence-corrected chi connectivity index (χ1v) is 5.01. The number of aliphatic hydroxyl groups excluding tert-OH is 1. The fourth-order valence-electron chi connectivity index (χ4n) is 0.336. The van der Waals surface area contributed by atoms with Crippen LogP contribution in [-0.4, -0.2) is 18.5 Å². The van der Waals surface area contributed by atoms with Crippen LogP contribution in [0.3, 0.4) is 0 Å². The van der Waals surface area contributed by atoms with E-state index >= 15 is 0 Å². The van der Waals surface area contributed by atoms with E-state index < -0.39 is 0 Å². The largest absolute Gasteiger partial charge is 0.400 e. The Hall–Kier alpha value is -0.470. The van der Waals surface area contributed by atoms with Gasteiger partial charge in [-0.1, -0.05) is 39.2 Å². The van der Waals surface area contributed by atoms with Crippen molar-refractivity contribution in [3.63, 3.8) is 0 Å². The highest BCUT2D eigenvalue weighted by Crippen LogP contribution is 2.10. The van der Waals surface area contributed by atoms with Gasteiger partial charge in [0.05, 0.1) is 0 Å². The van der Waals surface area contributed by atoms with Crippen molar-refractivity contribution < 1.29 is 5.11 Å². The summed E-state index contributed by atoms with van der Waals surface area (Å²) in [7, 11) is 1.00. The molecule has 0 saturated carbocycles. The van der Waals surface area contributed by atoms with Crippen LogP contribution in [0.25, 0.3) is 0 Å². The lowest BCUT2D eigenvalue weighted by Gasteiger charge is -1.88. The first-order chi connectivity index (χ1) is 5.85. The van der Waals surface area contributed by atoms with Gasteiger partial charge in [0.25, 0.3) is 0 Å². The van der Waals surface area contributed by atoms with Crippen molar-refractivity contribution in [1.29, 1.82) is 0 Å². The lowest BCUT2D eigenvalue weighted by Crippen LogP contribution is -1.61. The smallest absolute Gasteiger partial charge is 0.0319 e. The molecule has 0 bridgehead atoms. The highest BCUT2D eigenvalue weighted by molar-refractivity contribution is 8.02. The second-order valence-electron chi connectivity index (χ2n) is 1.21. The van der Waals surface area contributed by atoms with Crippen LogP contribution in [0.2, 0.25) is 0 Å². The Bertz CT molecular complexity index is 117. The van der Waals surface area contributed by atoms with E-state index in [0.29, 0.717) is 0 Å². The first kappa shape index (κ1) is 17.6. The van der Waals surface area contributed by atoms with Gasteiger partial charge >= 0.3 is 0 Å². The maximum atomic E-state index is 7.00. The predicted octanol–water partition coefficient (Wildman–Crippen LogP) is 3.24. The zero-order valence-corrected chi connectivity index (χ0v) is 9.32. The van der Waals surface area contributed by atoms with E-state index in [1.807, 2.05) is 32.3 Å². The lowest BCUT2D eigenvalue weighted by atomic mass is 10.5. The molecule has 1 nitrogen and oxygen atoms in total. The molecule has 0 radical (unpaired) electrons. The van der Waals surface area contributed by atoms with Gasteiger partial charge in [-0.05, 0) is 12.3 Å². The molecule has 0 aromatic carbocycles. The van der Waals surface area contributed by atoms with Gasteiger partial charge in [0, 0.05) is 12.0 Å². The van der Waals surface area contributed by atoms with E-state index in [4.69, 9.17) is 5.11 Å². The Balaban J connectivity index is -0.000000175. The number of hydrogen-bond acceptors (Lipinski definition) is 2. The maximum absolute atomic E-state index is 7.00. The number of hydrogen-bond donors (Lipinski definition) is 1. The van der Waals surface area contributed by atoms with E-state index in [2.05, 4.69) is 13.2 Å². The van der Waals surface area contributed by atoms with Crippen molar-refractivity contribution in [3.8, 4) is 0 Å². The third-order valence-electron chi connectivity index (χ3n) is 0.719. The molecule has 72 valence electrons. The van der Waals surface area contributed by atoms with Gasteiger partial charge in [0.1, 0.15) is 0 Å². The molecule has 0 aliphatic rings. The van der Waals surface area contributed by atoms with Gasteiger partial charge in [-0.15, -0.1) is 11.8 Å². The monoisotopic (exact) mass is 188 g/mol. The molecule has 0 heterocycles. The minimum Gasteiger partial charge on any atom is -0.400 e. The standard InChI is InChI=1S/C7H10S.C2H6.CH4O/c1-4-6-7(5-2)8-3;2*1-2/h4-6H,1-2H2,3H3;1-2H3;2H,1H3/b7-6+;;. The summed E-state index contributed by atoms with van der Waals surface area (Å²) in [6.07, 6.45) is 7.51. The van der Waals surface area contributed by atoms with Crippen molar-refractivity contribution in [2.24, 2.45) is 0 Å². The number of rotatable bonds is 3. The number of allylic oxidation sites excluding steroid dienone is 3. The van der Waals surface area contributed by atoms with Crippen LogP contribution in [0.5, 0.6) is 0 Å². The topological polar surface area (TPSA) is 20.2 Å². The van der Waals surface area contributed by atoms with E-state index in [-0.39, 0.29) is 0 Å². The first-order valence-electron chi connectivity index (χ1n) is 3.79. The molecule has 0 aliphatic heterocycles. The second kappa shape index (κ2) is 22.4. The Morgan fingerprint density at radius 3 is 1.75 bits per heavy atom. The highest BCUT2D eigenvalue weighted by atomic mass is 32.2. The Kier molecular flexibility index (Phi) is 32.8. The summed E-state index contributed by atoms with van der Waals surface area (Å²) in [6.45, 7) is 11.2.